The number of nitrogens with one attached hydrogen (secondary N) is 1. The quantitative estimate of drug-likeness (QED) is 0.868. The number of rotatable bonds is 4. The van der Waals surface area contributed by atoms with Gasteiger partial charge in [0, 0.05) is 17.6 Å². The van der Waals surface area contributed by atoms with Crippen LogP contribution in [0.3, 0.4) is 0 Å². The van der Waals surface area contributed by atoms with Crippen molar-refractivity contribution in [2.24, 2.45) is 0 Å². The number of para-hydroxylation sites is 1. The molecule has 1 heterocycles. The zero-order chi connectivity index (χ0) is 12.3. The Morgan fingerprint density at radius 1 is 1.29 bits per heavy atom. The van der Waals surface area contributed by atoms with Crippen molar-refractivity contribution in [3.63, 3.8) is 0 Å². The van der Waals surface area contributed by atoms with Gasteiger partial charge in [0.2, 0.25) is 0 Å². The summed E-state index contributed by atoms with van der Waals surface area (Å²) in [5, 5.41) is 2.94. The van der Waals surface area contributed by atoms with E-state index in [2.05, 4.69) is 21.2 Å². The second-order valence-corrected chi connectivity index (χ2v) is 5.30. The first-order chi connectivity index (χ1) is 8.22. The average Bonchev–Trinajstić information content (AvgIpc) is 2.59. The number of benzene rings is 1. The highest BCUT2D eigenvalue weighted by Gasteiger charge is 2.39. The van der Waals surface area contributed by atoms with Crippen molar-refractivity contribution in [1.82, 2.24) is 4.90 Å². The molecule has 0 spiro atoms. The van der Waals surface area contributed by atoms with Crippen LogP contribution in [0.1, 0.15) is 0 Å². The van der Waals surface area contributed by atoms with Gasteiger partial charge in [0.05, 0.1) is 0 Å². The van der Waals surface area contributed by atoms with Crippen LogP contribution in [-0.4, -0.2) is 33.3 Å². The summed E-state index contributed by atoms with van der Waals surface area (Å²) in [6, 6.07) is 9.39. The zero-order valence-electron chi connectivity index (χ0n) is 8.93. The van der Waals surface area contributed by atoms with Crippen molar-refractivity contribution in [1.29, 1.82) is 0 Å². The van der Waals surface area contributed by atoms with Crippen LogP contribution in [0.5, 0.6) is 0 Å². The van der Waals surface area contributed by atoms with Crippen molar-refractivity contribution in [2.45, 2.75) is 5.37 Å². The van der Waals surface area contributed by atoms with Gasteiger partial charge in [-0.1, -0.05) is 34.1 Å². The minimum absolute atomic E-state index is 0.177. The van der Waals surface area contributed by atoms with E-state index in [1.54, 1.807) is 0 Å². The molecule has 0 aliphatic carbocycles. The van der Waals surface area contributed by atoms with E-state index in [0.29, 0.717) is 11.9 Å². The molecule has 1 fully saturated rings. The Morgan fingerprint density at radius 2 is 2.00 bits per heavy atom. The van der Waals surface area contributed by atoms with E-state index in [1.165, 1.54) is 4.90 Å². The van der Waals surface area contributed by atoms with E-state index in [4.69, 9.17) is 0 Å². The summed E-state index contributed by atoms with van der Waals surface area (Å²) in [5.74, 6) is -0.177. The number of nitrogens with zero attached hydrogens (tertiary/aromatic N) is 1. The Kier molecular flexibility index (Phi) is 4.06. The number of thioether (sulfide) groups is 1. The Bertz CT molecular complexity index is 427. The molecule has 1 aliphatic rings. The molecular weight excluding hydrogens is 304 g/mol. The second kappa shape index (κ2) is 5.55. The summed E-state index contributed by atoms with van der Waals surface area (Å²) in [4.78, 5) is 24.8. The molecule has 1 aromatic carbocycles. The molecule has 0 aromatic heterocycles. The van der Waals surface area contributed by atoms with Gasteiger partial charge in [0.25, 0.3) is 11.1 Å². The van der Waals surface area contributed by atoms with Gasteiger partial charge in [-0.05, 0) is 23.9 Å². The summed E-state index contributed by atoms with van der Waals surface area (Å²) in [5.41, 5.74) is 0.840. The summed E-state index contributed by atoms with van der Waals surface area (Å²) in [7, 11) is 0. The molecule has 0 radical (unpaired) electrons. The topological polar surface area (TPSA) is 49.4 Å². The van der Waals surface area contributed by atoms with Gasteiger partial charge in [-0.15, -0.1) is 0 Å². The molecule has 1 aromatic rings. The Morgan fingerprint density at radius 3 is 2.65 bits per heavy atom. The molecule has 1 saturated heterocycles. The number of alkyl halides is 1. The summed E-state index contributed by atoms with van der Waals surface area (Å²) in [6.07, 6.45) is 0. The van der Waals surface area contributed by atoms with E-state index in [-0.39, 0.29) is 11.1 Å². The molecule has 2 amide bonds. The van der Waals surface area contributed by atoms with Crippen LogP contribution in [0.25, 0.3) is 0 Å². The van der Waals surface area contributed by atoms with Crippen LogP contribution < -0.4 is 5.32 Å². The van der Waals surface area contributed by atoms with E-state index in [9.17, 15) is 9.59 Å². The standard InChI is InChI=1S/C11H11BrN2O2S/c12-6-7-14-10(15)9(17-11(14)16)13-8-4-2-1-3-5-8/h1-5,9,13H,6-7H2/t9-/m0/s1. The molecule has 1 N–H and O–H groups in total. The normalized spacial score (nSPS) is 19.8. The number of imide groups is 1. The Hall–Kier alpha value is -1.01. The summed E-state index contributed by atoms with van der Waals surface area (Å²) >= 11 is 4.25. The number of hydrogen-bond acceptors (Lipinski definition) is 4. The first-order valence-electron chi connectivity index (χ1n) is 5.12. The van der Waals surface area contributed by atoms with E-state index in [0.717, 1.165) is 17.4 Å². The monoisotopic (exact) mass is 314 g/mol. The van der Waals surface area contributed by atoms with Crippen LogP contribution in [0, 0.1) is 0 Å². The molecule has 0 bridgehead atoms. The van der Waals surface area contributed by atoms with Gasteiger partial charge in [0.1, 0.15) is 0 Å². The van der Waals surface area contributed by atoms with Crippen molar-refractivity contribution >= 4 is 44.5 Å². The fraction of sp³-hybridized carbons (Fsp3) is 0.273. The SMILES string of the molecule is O=C1S[C@H](Nc2ccccc2)C(=O)N1CCBr. The van der Waals surface area contributed by atoms with E-state index in [1.807, 2.05) is 30.3 Å². The first-order valence-corrected chi connectivity index (χ1v) is 7.12. The highest BCUT2D eigenvalue weighted by Crippen LogP contribution is 2.27. The van der Waals surface area contributed by atoms with Crippen molar-refractivity contribution in [3.05, 3.63) is 30.3 Å². The average molecular weight is 315 g/mol. The highest BCUT2D eigenvalue weighted by molar-refractivity contribution is 9.09. The fourth-order valence-corrected chi connectivity index (χ4v) is 2.80. The van der Waals surface area contributed by atoms with Gasteiger partial charge < -0.3 is 5.32 Å². The number of carbonyl (C=O) groups excluding carboxylic acids is 2. The number of amides is 2. The van der Waals surface area contributed by atoms with Crippen LogP contribution in [0.4, 0.5) is 10.5 Å². The van der Waals surface area contributed by atoms with Crippen molar-refractivity contribution in [2.75, 3.05) is 17.2 Å². The predicted octanol–water partition coefficient (Wildman–Crippen LogP) is 2.51. The molecule has 17 heavy (non-hydrogen) atoms. The maximum Gasteiger partial charge on any atom is 0.290 e. The summed E-state index contributed by atoms with van der Waals surface area (Å²) in [6.45, 7) is 0.414. The largest absolute Gasteiger partial charge is 0.365 e. The van der Waals surface area contributed by atoms with Crippen LogP contribution in [0.15, 0.2) is 30.3 Å². The lowest BCUT2D eigenvalue weighted by Gasteiger charge is -2.13. The van der Waals surface area contributed by atoms with Gasteiger partial charge in [0.15, 0.2) is 5.37 Å². The predicted molar refractivity (Wildman–Crippen MR) is 72.3 cm³/mol. The van der Waals surface area contributed by atoms with E-state index < -0.39 is 5.37 Å². The lowest BCUT2D eigenvalue weighted by molar-refractivity contribution is -0.125. The van der Waals surface area contributed by atoms with Crippen molar-refractivity contribution < 1.29 is 9.59 Å². The lowest BCUT2D eigenvalue weighted by atomic mass is 10.3. The smallest absolute Gasteiger partial charge is 0.290 e. The third-order valence-electron chi connectivity index (χ3n) is 2.31. The third kappa shape index (κ3) is 2.81. The number of hydrogen-bond donors (Lipinski definition) is 1. The second-order valence-electron chi connectivity index (χ2n) is 3.45. The molecule has 4 nitrogen and oxygen atoms in total. The summed E-state index contributed by atoms with van der Waals surface area (Å²) < 4.78 is 0. The number of halogens is 1. The molecule has 2 rings (SSSR count). The van der Waals surface area contributed by atoms with E-state index >= 15 is 0 Å². The zero-order valence-corrected chi connectivity index (χ0v) is 11.3. The molecule has 6 heteroatoms. The Labute approximate surface area is 112 Å². The van der Waals surface area contributed by atoms with Gasteiger partial charge >= 0.3 is 0 Å². The third-order valence-corrected chi connectivity index (χ3v) is 3.64. The van der Waals surface area contributed by atoms with Gasteiger partial charge in [-0.25, -0.2) is 0 Å². The molecular formula is C11H11BrN2O2S. The van der Waals surface area contributed by atoms with Gasteiger partial charge in [-0.3, -0.25) is 14.5 Å². The lowest BCUT2D eigenvalue weighted by Crippen LogP contribution is -2.35. The molecule has 0 unspecified atom stereocenters. The van der Waals surface area contributed by atoms with Crippen LogP contribution >= 0.6 is 27.7 Å². The molecule has 0 saturated carbocycles. The first kappa shape index (κ1) is 12.4. The molecule has 90 valence electrons. The van der Waals surface area contributed by atoms with Gasteiger partial charge in [-0.2, -0.15) is 0 Å². The maximum absolute atomic E-state index is 11.9. The fourth-order valence-electron chi connectivity index (χ4n) is 1.51. The molecule has 1 aliphatic heterocycles. The van der Waals surface area contributed by atoms with Crippen LogP contribution in [-0.2, 0) is 4.79 Å². The maximum atomic E-state index is 11.9. The minimum atomic E-state index is -0.510. The minimum Gasteiger partial charge on any atom is -0.365 e. The number of anilines is 1. The number of carbonyl (C=O) groups is 2. The van der Waals surface area contributed by atoms with Crippen molar-refractivity contribution in [3.8, 4) is 0 Å². The Balaban J connectivity index is 2.04. The highest BCUT2D eigenvalue weighted by atomic mass is 79.9. The molecule has 1 atom stereocenters. The van der Waals surface area contributed by atoms with Crippen LogP contribution in [0.2, 0.25) is 0 Å².